The van der Waals surface area contributed by atoms with Crippen molar-refractivity contribution in [1.29, 1.82) is 0 Å². The third kappa shape index (κ3) is 3.79. The van der Waals surface area contributed by atoms with Crippen LogP contribution in [0.15, 0.2) is 41.8 Å². The molecular weight excluding hydrogens is 382 g/mol. The average Bonchev–Trinajstić information content (AvgIpc) is 3.15. The Balaban J connectivity index is 1.88. The van der Waals surface area contributed by atoms with Crippen LogP contribution in [0.3, 0.4) is 0 Å². The first-order valence-corrected chi connectivity index (χ1v) is 9.06. The first-order valence-electron chi connectivity index (χ1n) is 8.18. The molecule has 1 N–H and O–H groups in total. The summed E-state index contributed by atoms with van der Waals surface area (Å²) in [4.78, 5) is 27.7. The molecule has 1 aromatic heterocycles. The fourth-order valence-corrected chi connectivity index (χ4v) is 3.42. The van der Waals surface area contributed by atoms with Crippen molar-refractivity contribution in [2.75, 3.05) is 19.5 Å². The molecule has 0 fully saturated rings. The van der Waals surface area contributed by atoms with Crippen LogP contribution < -0.4 is 14.8 Å². The molecule has 3 aromatic rings. The van der Waals surface area contributed by atoms with E-state index < -0.39 is 10.8 Å². The van der Waals surface area contributed by atoms with E-state index in [0.717, 1.165) is 5.56 Å². The molecule has 2 aromatic carbocycles. The maximum atomic E-state index is 12.6. The summed E-state index contributed by atoms with van der Waals surface area (Å²) in [5.74, 6) is 0.644. The number of rotatable bonds is 6. The number of methoxy groups -OCH3 is 2. The van der Waals surface area contributed by atoms with Crippen molar-refractivity contribution >= 4 is 28.1 Å². The normalized spacial score (nSPS) is 10.4. The lowest BCUT2D eigenvalue weighted by atomic mass is 10.1. The molecule has 9 heteroatoms. The second-order valence-electron chi connectivity index (χ2n) is 5.79. The van der Waals surface area contributed by atoms with Gasteiger partial charge in [-0.2, -0.15) is 0 Å². The van der Waals surface area contributed by atoms with Gasteiger partial charge in [0.05, 0.1) is 24.8 Å². The molecule has 0 aliphatic rings. The van der Waals surface area contributed by atoms with Crippen LogP contribution in [0.25, 0.3) is 11.3 Å². The Morgan fingerprint density at radius 2 is 2.00 bits per heavy atom. The first kappa shape index (κ1) is 19.3. The molecule has 144 valence electrons. The Kier molecular flexibility index (Phi) is 5.55. The topological polar surface area (TPSA) is 104 Å². The molecule has 0 atom stereocenters. The quantitative estimate of drug-likeness (QED) is 0.490. The third-order valence-electron chi connectivity index (χ3n) is 4.07. The van der Waals surface area contributed by atoms with Gasteiger partial charge < -0.3 is 9.47 Å². The van der Waals surface area contributed by atoms with E-state index in [9.17, 15) is 14.9 Å². The van der Waals surface area contributed by atoms with Crippen molar-refractivity contribution in [3.05, 3.63) is 63.0 Å². The largest absolute Gasteiger partial charge is 0.497 e. The van der Waals surface area contributed by atoms with E-state index >= 15 is 0 Å². The third-order valence-corrected chi connectivity index (χ3v) is 4.83. The molecule has 0 aliphatic heterocycles. The van der Waals surface area contributed by atoms with Gasteiger partial charge >= 0.3 is 0 Å². The van der Waals surface area contributed by atoms with Crippen LogP contribution in [0.1, 0.15) is 15.9 Å². The Morgan fingerprint density at radius 1 is 1.21 bits per heavy atom. The van der Waals surface area contributed by atoms with Crippen molar-refractivity contribution in [3.8, 4) is 22.8 Å². The number of nitro benzene ring substituents is 1. The molecule has 1 heterocycles. The van der Waals surface area contributed by atoms with Gasteiger partial charge in [-0.15, -0.1) is 11.3 Å². The van der Waals surface area contributed by atoms with E-state index in [-0.39, 0.29) is 11.3 Å². The number of para-hydroxylation sites is 1. The Labute approximate surface area is 164 Å². The number of thiazole rings is 1. The molecule has 0 saturated carbocycles. The van der Waals surface area contributed by atoms with E-state index in [1.54, 1.807) is 50.8 Å². The second kappa shape index (κ2) is 8.05. The number of aryl methyl sites for hydroxylation is 1. The number of benzene rings is 2. The fourth-order valence-electron chi connectivity index (χ4n) is 2.71. The van der Waals surface area contributed by atoms with Crippen LogP contribution in [0.5, 0.6) is 11.5 Å². The highest BCUT2D eigenvalue weighted by atomic mass is 32.1. The zero-order chi connectivity index (χ0) is 20.3. The van der Waals surface area contributed by atoms with Crippen LogP contribution in [-0.2, 0) is 0 Å². The van der Waals surface area contributed by atoms with Crippen molar-refractivity contribution in [3.63, 3.8) is 0 Å². The summed E-state index contributed by atoms with van der Waals surface area (Å²) in [5.41, 5.74) is 1.54. The van der Waals surface area contributed by atoms with Crippen molar-refractivity contribution in [2.24, 2.45) is 0 Å². The molecule has 0 aliphatic carbocycles. The van der Waals surface area contributed by atoms with Gasteiger partial charge in [0.2, 0.25) is 0 Å². The van der Waals surface area contributed by atoms with Gasteiger partial charge in [0.15, 0.2) is 5.13 Å². The first-order chi connectivity index (χ1) is 13.4. The van der Waals surface area contributed by atoms with Gasteiger partial charge in [-0.1, -0.05) is 12.1 Å². The number of anilines is 1. The smallest absolute Gasteiger partial charge is 0.285 e. The number of amides is 1. The van der Waals surface area contributed by atoms with E-state index in [0.29, 0.717) is 27.9 Å². The number of ether oxygens (including phenoxy) is 2. The monoisotopic (exact) mass is 399 g/mol. The van der Waals surface area contributed by atoms with Crippen LogP contribution in [0.4, 0.5) is 10.8 Å². The van der Waals surface area contributed by atoms with Gasteiger partial charge in [0.25, 0.3) is 11.6 Å². The van der Waals surface area contributed by atoms with Gasteiger partial charge in [0, 0.05) is 22.6 Å². The molecule has 0 spiro atoms. The van der Waals surface area contributed by atoms with Crippen molar-refractivity contribution in [2.45, 2.75) is 6.92 Å². The number of nitrogens with one attached hydrogen (secondary N) is 1. The van der Waals surface area contributed by atoms with Gasteiger partial charge in [0.1, 0.15) is 17.1 Å². The minimum atomic E-state index is -0.585. The summed E-state index contributed by atoms with van der Waals surface area (Å²) in [7, 11) is 3.11. The number of carbonyl (C=O) groups is 1. The average molecular weight is 399 g/mol. The summed E-state index contributed by atoms with van der Waals surface area (Å²) in [6.07, 6.45) is 0. The molecular formula is C19H17N3O5S. The highest BCUT2D eigenvalue weighted by Gasteiger charge is 2.23. The van der Waals surface area contributed by atoms with E-state index in [4.69, 9.17) is 9.47 Å². The van der Waals surface area contributed by atoms with E-state index in [1.165, 1.54) is 17.4 Å². The van der Waals surface area contributed by atoms with Gasteiger partial charge in [-0.25, -0.2) is 4.98 Å². The van der Waals surface area contributed by atoms with Crippen LogP contribution in [0, 0.1) is 17.0 Å². The maximum absolute atomic E-state index is 12.6. The number of carbonyl (C=O) groups excluding carboxylic acids is 1. The van der Waals surface area contributed by atoms with Crippen molar-refractivity contribution in [1.82, 2.24) is 4.98 Å². The number of nitro groups is 1. The molecule has 0 saturated heterocycles. The standard InChI is InChI=1S/C19H17N3O5S/c1-11-5-4-6-14(17(11)22(24)25)18(23)21-19-20-15(10-28-19)13-8-7-12(26-2)9-16(13)27-3/h4-10H,1-3H3,(H,20,21,23). The molecule has 0 unspecified atom stereocenters. The number of aromatic nitrogens is 1. The van der Waals surface area contributed by atoms with Gasteiger partial charge in [-0.05, 0) is 25.1 Å². The lowest BCUT2D eigenvalue weighted by Crippen LogP contribution is -2.14. The zero-order valence-electron chi connectivity index (χ0n) is 15.4. The second-order valence-corrected chi connectivity index (χ2v) is 6.64. The Hall–Kier alpha value is -3.46. The summed E-state index contributed by atoms with van der Waals surface area (Å²) >= 11 is 1.22. The zero-order valence-corrected chi connectivity index (χ0v) is 16.2. The van der Waals surface area contributed by atoms with E-state index in [2.05, 4.69) is 10.3 Å². The summed E-state index contributed by atoms with van der Waals surface area (Å²) in [5, 5.41) is 16.0. The molecule has 28 heavy (non-hydrogen) atoms. The predicted molar refractivity (Wildman–Crippen MR) is 106 cm³/mol. The van der Waals surface area contributed by atoms with Crippen LogP contribution >= 0.6 is 11.3 Å². The van der Waals surface area contributed by atoms with Gasteiger partial charge in [-0.3, -0.25) is 20.2 Å². The Bertz CT molecular complexity index is 1050. The van der Waals surface area contributed by atoms with Crippen LogP contribution in [0.2, 0.25) is 0 Å². The number of nitrogens with zero attached hydrogens (tertiary/aromatic N) is 2. The minimum Gasteiger partial charge on any atom is -0.497 e. The lowest BCUT2D eigenvalue weighted by Gasteiger charge is -2.08. The Morgan fingerprint density at radius 3 is 2.68 bits per heavy atom. The summed E-state index contributed by atoms with van der Waals surface area (Å²) < 4.78 is 10.6. The highest BCUT2D eigenvalue weighted by molar-refractivity contribution is 7.14. The van der Waals surface area contributed by atoms with Crippen LogP contribution in [-0.4, -0.2) is 30.0 Å². The van der Waals surface area contributed by atoms with E-state index in [1.807, 2.05) is 6.07 Å². The molecule has 8 nitrogen and oxygen atoms in total. The lowest BCUT2D eigenvalue weighted by molar-refractivity contribution is -0.385. The minimum absolute atomic E-state index is 0.0104. The highest BCUT2D eigenvalue weighted by Crippen LogP contribution is 2.35. The molecule has 3 rings (SSSR count). The fraction of sp³-hybridized carbons (Fsp3) is 0.158. The number of hydrogen-bond acceptors (Lipinski definition) is 7. The summed E-state index contributed by atoms with van der Waals surface area (Å²) in [6.45, 7) is 1.59. The SMILES string of the molecule is COc1ccc(-c2csc(NC(=O)c3cccc(C)c3[N+](=O)[O-])n2)c(OC)c1. The molecule has 0 bridgehead atoms. The van der Waals surface area contributed by atoms with Crippen molar-refractivity contribution < 1.29 is 19.2 Å². The molecule has 0 radical (unpaired) electrons. The predicted octanol–water partition coefficient (Wildman–Crippen LogP) is 4.30. The summed E-state index contributed by atoms with van der Waals surface area (Å²) in [6, 6.07) is 9.94. The maximum Gasteiger partial charge on any atom is 0.285 e. The molecule has 1 amide bonds. The number of hydrogen-bond donors (Lipinski definition) is 1.